The van der Waals surface area contributed by atoms with Crippen LogP contribution in [0.4, 0.5) is 0 Å². The number of aromatic hydroxyl groups is 1. The predicted octanol–water partition coefficient (Wildman–Crippen LogP) is 1.49. The number of rotatable bonds is 0. The third kappa shape index (κ3) is 1.41. The van der Waals surface area contributed by atoms with E-state index >= 15 is 0 Å². The van der Waals surface area contributed by atoms with Crippen LogP contribution in [0.1, 0.15) is 27.1 Å². The highest BCUT2D eigenvalue weighted by atomic mass is 16.5. The monoisotopic (exact) mass is 230 g/mol. The second kappa shape index (κ2) is 3.53. The SMILES string of the molecule is O=C1C2=C(COCC2)C(=O)c2ccc(O)cc21. The third-order valence-corrected chi connectivity index (χ3v) is 3.15. The van der Waals surface area contributed by atoms with Crippen LogP contribution in [0.25, 0.3) is 0 Å². The molecule has 1 N–H and O–H groups in total. The van der Waals surface area contributed by atoms with Gasteiger partial charge in [0.15, 0.2) is 11.6 Å². The zero-order valence-corrected chi connectivity index (χ0v) is 9.03. The molecule has 0 atom stereocenters. The van der Waals surface area contributed by atoms with Gasteiger partial charge in [0.25, 0.3) is 0 Å². The van der Waals surface area contributed by atoms with Gasteiger partial charge in [-0.1, -0.05) is 0 Å². The molecule has 86 valence electrons. The number of phenols is 1. The van der Waals surface area contributed by atoms with Crippen LogP contribution >= 0.6 is 0 Å². The first kappa shape index (κ1) is 10.2. The Hall–Kier alpha value is -1.94. The molecule has 0 radical (unpaired) electrons. The Morgan fingerprint density at radius 3 is 2.65 bits per heavy atom. The lowest BCUT2D eigenvalue weighted by molar-refractivity contribution is 0.0885. The van der Waals surface area contributed by atoms with E-state index in [1.165, 1.54) is 18.2 Å². The normalized spacial score (nSPS) is 19.1. The Labute approximate surface area is 97.5 Å². The van der Waals surface area contributed by atoms with E-state index < -0.39 is 0 Å². The molecule has 0 saturated heterocycles. The minimum atomic E-state index is -0.159. The first-order valence-corrected chi connectivity index (χ1v) is 5.40. The number of hydrogen-bond acceptors (Lipinski definition) is 4. The summed E-state index contributed by atoms with van der Waals surface area (Å²) in [5.41, 5.74) is 1.67. The lowest BCUT2D eigenvalue weighted by atomic mass is 9.82. The van der Waals surface area contributed by atoms with Crippen molar-refractivity contribution in [2.24, 2.45) is 0 Å². The summed E-state index contributed by atoms with van der Waals surface area (Å²) in [5.74, 6) is -0.316. The van der Waals surface area contributed by atoms with Crippen LogP contribution < -0.4 is 0 Å². The zero-order valence-electron chi connectivity index (χ0n) is 9.03. The molecule has 0 unspecified atom stereocenters. The summed E-state index contributed by atoms with van der Waals surface area (Å²) in [6.07, 6.45) is 0.467. The Morgan fingerprint density at radius 1 is 1.06 bits per heavy atom. The fraction of sp³-hybridized carbons (Fsp3) is 0.231. The average Bonchev–Trinajstić information content (AvgIpc) is 2.36. The molecular weight excluding hydrogens is 220 g/mol. The molecule has 1 aliphatic carbocycles. The Morgan fingerprint density at radius 2 is 1.82 bits per heavy atom. The molecule has 1 aromatic rings. The van der Waals surface area contributed by atoms with Gasteiger partial charge in [-0.15, -0.1) is 0 Å². The van der Waals surface area contributed by atoms with Gasteiger partial charge in [0, 0.05) is 28.7 Å². The van der Waals surface area contributed by atoms with Gasteiger partial charge < -0.3 is 9.84 Å². The number of Topliss-reactive ketones (excluding diaryl/α,β-unsaturated/α-hetero) is 2. The quantitative estimate of drug-likeness (QED) is 0.733. The first-order valence-electron chi connectivity index (χ1n) is 5.40. The van der Waals surface area contributed by atoms with E-state index in [2.05, 4.69) is 0 Å². The smallest absolute Gasteiger partial charge is 0.192 e. The summed E-state index contributed by atoms with van der Waals surface area (Å²) in [5, 5.41) is 9.38. The third-order valence-electron chi connectivity index (χ3n) is 3.15. The van der Waals surface area contributed by atoms with Crippen molar-refractivity contribution >= 4 is 11.6 Å². The largest absolute Gasteiger partial charge is 0.508 e. The molecule has 4 nitrogen and oxygen atoms in total. The van der Waals surface area contributed by atoms with Crippen molar-refractivity contribution in [3.8, 4) is 5.75 Å². The number of phenolic OH excluding ortho intramolecular Hbond substituents is 1. The highest BCUT2D eigenvalue weighted by Gasteiger charge is 2.33. The number of benzene rings is 1. The van der Waals surface area contributed by atoms with Crippen LogP contribution in [0.5, 0.6) is 5.75 Å². The van der Waals surface area contributed by atoms with Crippen LogP contribution in [0.3, 0.4) is 0 Å². The van der Waals surface area contributed by atoms with Crippen molar-refractivity contribution in [1.82, 2.24) is 0 Å². The van der Waals surface area contributed by atoms with Crippen LogP contribution in [0, 0.1) is 0 Å². The molecule has 0 fully saturated rings. The summed E-state index contributed by atoms with van der Waals surface area (Å²) in [7, 11) is 0. The molecule has 2 aliphatic rings. The molecule has 0 spiro atoms. The van der Waals surface area contributed by atoms with Crippen molar-refractivity contribution in [2.45, 2.75) is 6.42 Å². The van der Waals surface area contributed by atoms with Gasteiger partial charge in [-0.2, -0.15) is 0 Å². The van der Waals surface area contributed by atoms with Crippen molar-refractivity contribution in [2.75, 3.05) is 13.2 Å². The van der Waals surface area contributed by atoms with Gasteiger partial charge in [0.1, 0.15) is 5.75 Å². The minimum Gasteiger partial charge on any atom is -0.508 e. The number of ether oxygens (including phenoxy) is 1. The summed E-state index contributed by atoms with van der Waals surface area (Å²) in [4.78, 5) is 24.3. The standard InChI is InChI=1S/C13H10O4/c14-7-1-2-8-10(5-7)12(15)9-3-4-17-6-11(9)13(8)16/h1-2,5,14H,3-4,6H2. The maximum atomic E-state index is 12.2. The molecule has 0 bridgehead atoms. The molecule has 3 rings (SSSR count). The van der Waals surface area contributed by atoms with Gasteiger partial charge in [0.2, 0.25) is 0 Å². The van der Waals surface area contributed by atoms with Crippen LogP contribution in [-0.4, -0.2) is 29.9 Å². The number of ketones is 2. The molecule has 0 saturated carbocycles. The zero-order chi connectivity index (χ0) is 12.0. The number of carbonyl (C=O) groups is 2. The van der Waals surface area contributed by atoms with E-state index in [9.17, 15) is 14.7 Å². The summed E-state index contributed by atoms with van der Waals surface area (Å²) < 4.78 is 5.22. The van der Waals surface area contributed by atoms with Crippen molar-refractivity contribution in [3.63, 3.8) is 0 Å². The Kier molecular flexibility index (Phi) is 2.12. The molecule has 1 aliphatic heterocycles. The van der Waals surface area contributed by atoms with Crippen molar-refractivity contribution in [1.29, 1.82) is 0 Å². The molecule has 1 heterocycles. The lowest BCUT2D eigenvalue weighted by Gasteiger charge is -2.24. The second-order valence-corrected chi connectivity index (χ2v) is 4.15. The molecular formula is C13H10O4. The maximum Gasteiger partial charge on any atom is 0.192 e. The molecule has 17 heavy (non-hydrogen) atoms. The van der Waals surface area contributed by atoms with Crippen molar-refractivity contribution in [3.05, 3.63) is 40.5 Å². The molecule has 0 aromatic heterocycles. The van der Waals surface area contributed by atoms with Crippen LogP contribution in [0.2, 0.25) is 0 Å². The molecule has 4 heteroatoms. The molecule has 0 amide bonds. The van der Waals surface area contributed by atoms with Gasteiger partial charge in [0.05, 0.1) is 13.2 Å². The summed E-state index contributed by atoms with van der Waals surface area (Å²) in [6.45, 7) is 0.673. The van der Waals surface area contributed by atoms with E-state index in [1.54, 1.807) is 0 Å². The van der Waals surface area contributed by atoms with Crippen molar-refractivity contribution < 1.29 is 19.4 Å². The van der Waals surface area contributed by atoms with Gasteiger partial charge >= 0.3 is 0 Å². The van der Waals surface area contributed by atoms with Crippen LogP contribution in [-0.2, 0) is 4.74 Å². The van der Waals surface area contributed by atoms with E-state index in [4.69, 9.17) is 4.74 Å². The average molecular weight is 230 g/mol. The molecule has 1 aromatic carbocycles. The van der Waals surface area contributed by atoms with E-state index in [0.29, 0.717) is 35.3 Å². The fourth-order valence-corrected chi connectivity index (χ4v) is 2.28. The lowest BCUT2D eigenvalue weighted by Crippen LogP contribution is -2.28. The second-order valence-electron chi connectivity index (χ2n) is 4.15. The summed E-state index contributed by atoms with van der Waals surface area (Å²) >= 11 is 0. The minimum absolute atomic E-state index is 0.000935. The summed E-state index contributed by atoms with van der Waals surface area (Å²) in [6, 6.07) is 4.26. The van der Waals surface area contributed by atoms with E-state index in [-0.39, 0.29) is 23.9 Å². The van der Waals surface area contributed by atoms with Gasteiger partial charge in [-0.3, -0.25) is 9.59 Å². The Bertz CT molecular complexity index is 569. The predicted molar refractivity (Wildman–Crippen MR) is 59.2 cm³/mol. The van der Waals surface area contributed by atoms with E-state index in [1.807, 2.05) is 0 Å². The number of carbonyl (C=O) groups excluding carboxylic acids is 2. The van der Waals surface area contributed by atoms with E-state index in [0.717, 1.165) is 0 Å². The first-order chi connectivity index (χ1) is 8.18. The fourth-order valence-electron chi connectivity index (χ4n) is 2.28. The van der Waals surface area contributed by atoms with Gasteiger partial charge in [-0.25, -0.2) is 0 Å². The van der Waals surface area contributed by atoms with Gasteiger partial charge in [-0.05, 0) is 18.2 Å². The number of fused-ring (bicyclic) bond motifs is 1. The van der Waals surface area contributed by atoms with Crippen LogP contribution in [0.15, 0.2) is 29.3 Å². The maximum absolute atomic E-state index is 12.2. The highest BCUT2D eigenvalue weighted by Crippen LogP contribution is 2.32. The highest BCUT2D eigenvalue weighted by molar-refractivity contribution is 6.27. The topological polar surface area (TPSA) is 63.6 Å². The Balaban J connectivity index is 2.22. The number of hydrogen-bond donors (Lipinski definition) is 1.